The Morgan fingerprint density at radius 1 is 0.905 bits per heavy atom. The summed E-state index contributed by atoms with van der Waals surface area (Å²) in [5.74, 6) is 0. The Hall–Kier alpha value is -3.08. The van der Waals surface area contributed by atoms with Gasteiger partial charge in [0, 0.05) is 16.2 Å². The van der Waals surface area contributed by atoms with Gasteiger partial charge in [-0.25, -0.2) is 9.97 Å². The lowest BCUT2D eigenvalue weighted by atomic mass is 10.1. The van der Waals surface area contributed by atoms with Crippen LogP contribution in [0, 0.1) is 0 Å². The van der Waals surface area contributed by atoms with Crippen LogP contribution < -0.4 is 5.56 Å². The summed E-state index contributed by atoms with van der Waals surface area (Å²) in [6.45, 7) is 0. The number of nitrogens with zero attached hydrogens (tertiary/aromatic N) is 3. The van der Waals surface area contributed by atoms with Crippen LogP contribution in [0.5, 0.6) is 0 Å². The van der Waals surface area contributed by atoms with Gasteiger partial charge in [-0.3, -0.25) is 4.79 Å². The first-order valence-electron chi connectivity index (χ1n) is 6.60. The topological polar surface area (TPSA) is 71.5 Å². The second-order valence-electron chi connectivity index (χ2n) is 5.05. The molecule has 0 aliphatic heterocycles. The van der Waals surface area contributed by atoms with E-state index < -0.39 is 0 Å². The van der Waals surface area contributed by atoms with E-state index in [0.29, 0.717) is 5.65 Å². The molecule has 0 fully saturated rings. The predicted molar refractivity (Wildman–Crippen MR) is 81.7 cm³/mol. The third-order valence-corrected chi connectivity index (χ3v) is 3.92. The summed E-state index contributed by atoms with van der Waals surface area (Å²) in [5, 5.41) is 4.46. The zero-order chi connectivity index (χ0) is 14.0. The highest BCUT2D eigenvalue weighted by Crippen LogP contribution is 2.36. The number of hydrogen-bond acceptors (Lipinski definition) is 4. The molecule has 5 aromatic rings. The van der Waals surface area contributed by atoms with E-state index in [-0.39, 0.29) is 11.1 Å². The maximum Gasteiger partial charge on any atom is 0.300 e. The Labute approximate surface area is 117 Å². The van der Waals surface area contributed by atoms with Gasteiger partial charge in [-0.05, 0) is 5.39 Å². The monoisotopic (exact) mass is 272 g/mol. The molecule has 5 rings (SSSR count). The molecule has 5 heteroatoms. The molecule has 0 unspecified atom stereocenters. The molecule has 0 saturated carbocycles. The van der Waals surface area contributed by atoms with Crippen molar-refractivity contribution in [3.05, 3.63) is 53.1 Å². The molecular weight excluding hydrogens is 264 g/mol. The number of nitrogens with one attached hydrogen (secondary N) is 1. The summed E-state index contributed by atoms with van der Waals surface area (Å²) < 4.78 is 0. The highest BCUT2D eigenvalue weighted by atomic mass is 16.1. The van der Waals surface area contributed by atoms with E-state index >= 15 is 0 Å². The van der Waals surface area contributed by atoms with Gasteiger partial charge in [0.1, 0.15) is 6.33 Å². The minimum atomic E-state index is -0.359. The van der Waals surface area contributed by atoms with Crippen LogP contribution in [0.1, 0.15) is 0 Å². The summed E-state index contributed by atoms with van der Waals surface area (Å²) in [4.78, 5) is 27.4. The number of H-pyrrole nitrogens is 1. The van der Waals surface area contributed by atoms with Crippen molar-refractivity contribution < 1.29 is 0 Å². The molecule has 0 radical (unpaired) electrons. The zero-order valence-corrected chi connectivity index (χ0v) is 10.8. The Balaban J connectivity index is 2.19. The quantitative estimate of drug-likeness (QED) is 0.470. The van der Waals surface area contributed by atoms with E-state index in [1.165, 1.54) is 6.33 Å². The fourth-order valence-electron chi connectivity index (χ4n) is 3.04. The largest absolute Gasteiger partial charge is 0.336 e. The van der Waals surface area contributed by atoms with Gasteiger partial charge in [-0.1, -0.05) is 36.4 Å². The van der Waals surface area contributed by atoms with Crippen LogP contribution in [0.2, 0.25) is 0 Å². The number of rotatable bonds is 0. The van der Waals surface area contributed by atoms with E-state index in [2.05, 4.69) is 38.1 Å². The SMILES string of the molecule is O=c1ncnc2[nH]c3c4cccc5cccc(c3nc12)c54. The molecule has 2 heterocycles. The van der Waals surface area contributed by atoms with Gasteiger partial charge in [0.15, 0.2) is 11.2 Å². The fourth-order valence-corrected chi connectivity index (χ4v) is 3.04. The van der Waals surface area contributed by atoms with E-state index in [1.807, 2.05) is 18.2 Å². The van der Waals surface area contributed by atoms with Crippen LogP contribution in [0.15, 0.2) is 47.5 Å². The molecule has 0 saturated heterocycles. The fraction of sp³-hybridized carbons (Fsp3) is 0. The summed E-state index contributed by atoms with van der Waals surface area (Å²) in [5.41, 5.74) is 2.09. The van der Waals surface area contributed by atoms with Crippen molar-refractivity contribution >= 4 is 43.7 Å². The highest BCUT2D eigenvalue weighted by Gasteiger charge is 2.14. The van der Waals surface area contributed by atoms with Gasteiger partial charge in [-0.15, -0.1) is 0 Å². The molecule has 3 aromatic carbocycles. The smallest absolute Gasteiger partial charge is 0.300 e. The molecule has 0 aliphatic rings. The van der Waals surface area contributed by atoms with Gasteiger partial charge < -0.3 is 4.98 Å². The zero-order valence-electron chi connectivity index (χ0n) is 10.8. The first kappa shape index (κ1) is 10.7. The van der Waals surface area contributed by atoms with E-state index in [1.54, 1.807) is 0 Å². The summed E-state index contributed by atoms with van der Waals surface area (Å²) in [6, 6.07) is 12.3. The van der Waals surface area contributed by atoms with Gasteiger partial charge in [0.25, 0.3) is 0 Å². The third-order valence-electron chi connectivity index (χ3n) is 3.92. The van der Waals surface area contributed by atoms with Crippen molar-refractivity contribution in [1.82, 2.24) is 19.9 Å². The number of fused-ring (bicyclic) bond motifs is 4. The molecular formula is C16H8N4O. The molecule has 5 nitrogen and oxygen atoms in total. The molecule has 21 heavy (non-hydrogen) atoms. The maximum atomic E-state index is 11.9. The van der Waals surface area contributed by atoms with E-state index in [9.17, 15) is 4.79 Å². The third kappa shape index (κ3) is 1.25. The van der Waals surface area contributed by atoms with Crippen molar-refractivity contribution in [2.24, 2.45) is 0 Å². The minimum Gasteiger partial charge on any atom is -0.336 e. The van der Waals surface area contributed by atoms with Crippen LogP contribution in [0.4, 0.5) is 0 Å². The second-order valence-corrected chi connectivity index (χ2v) is 5.05. The van der Waals surface area contributed by atoms with Crippen LogP contribution in [0.25, 0.3) is 43.7 Å². The Bertz CT molecular complexity index is 1200. The summed E-state index contributed by atoms with van der Waals surface area (Å²) in [6.07, 6.45) is 1.26. The van der Waals surface area contributed by atoms with Crippen LogP contribution in [0.3, 0.4) is 0 Å². The Morgan fingerprint density at radius 3 is 2.57 bits per heavy atom. The molecule has 0 spiro atoms. The lowest BCUT2D eigenvalue weighted by Crippen LogP contribution is -2.08. The average Bonchev–Trinajstić information content (AvgIpc) is 2.83. The number of benzene rings is 2. The number of aromatic nitrogens is 4. The predicted octanol–water partition coefficient (Wildman–Crippen LogP) is 2.61. The van der Waals surface area contributed by atoms with Gasteiger partial charge >= 0.3 is 5.56 Å². The number of aromatic amines is 1. The maximum absolute atomic E-state index is 11.9. The van der Waals surface area contributed by atoms with Crippen LogP contribution in [-0.2, 0) is 0 Å². The first-order chi connectivity index (χ1) is 10.3. The second kappa shape index (κ2) is 3.52. The minimum absolute atomic E-state index is 0.279. The lowest BCUT2D eigenvalue weighted by Gasteiger charge is -1.97. The van der Waals surface area contributed by atoms with Crippen molar-refractivity contribution in [2.75, 3.05) is 0 Å². The lowest BCUT2D eigenvalue weighted by molar-refractivity contribution is 1.13. The Morgan fingerprint density at radius 2 is 1.71 bits per heavy atom. The van der Waals surface area contributed by atoms with Gasteiger partial charge in [-0.2, -0.15) is 4.98 Å². The van der Waals surface area contributed by atoms with Crippen LogP contribution >= 0.6 is 0 Å². The normalized spacial score (nSPS) is 12.0. The van der Waals surface area contributed by atoms with Gasteiger partial charge in [0.05, 0.1) is 11.0 Å². The molecule has 0 aliphatic carbocycles. The van der Waals surface area contributed by atoms with Crippen molar-refractivity contribution in [2.45, 2.75) is 0 Å². The molecule has 0 bridgehead atoms. The molecule has 0 amide bonds. The Kier molecular flexibility index (Phi) is 1.79. The molecule has 0 atom stereocenters. The van der Waals surface area contributed by atoms with Gasteiger partial charge in [0.2, 0.25) is 0 Å². The first-order valence-corrected chi connectivity index (χ1v) is 6.60. The van der Waals surface area contributed by atoms with Crippen molar-refractivity contribution in [1.29, 1.82) is 0 Å². The standard InChI is InChI=1S/C16H8N4O/c21-16-14-15(17-7-18-16)20-13-10-6-2-4-8-3-1-5-9(11(8)10)12(13)19-14/h1-7H,(H,17,18,20,21). The summed E-state index contributed by atoms with van der Waals surface area (Å²) in [7, 11) is 0. The van der Waals surface area contributed by atoms with Crippen molar-refractivity contribution in [3.8, 4) is 0 Å². The van der Waals surface area contributed by atoms with E-state index in [0.717, 1.165) is 32.6 Å². The summed E-state index contributed by atoms with van der Waals surface area (Å²) >= 11 is 0. The number of hydrogen-bond donors (Lipinski definition) is 1. The van der Waals surface area contributed by atoms with Crippen molar-refractivity contribution in [3.63, 3.8) is 0 Å². The molecule has 2 aromatic heterocycles. The van der Waals surface area contributed by atoms with Crippen LogP contribution in [-0.4, -0.2) is 19.9 Å². The molecule has 1 N–H and O–H groups in total. The average molecular weight is 272 g/mol. The van der Waals surface area contributed by atoms with E-state index in [4.69, 9.17) is 0 Å². The molecule has 98 valence electrons. The highest BCUT2D eigenvalue weighted by molar-refractivity contribution is 6.28.